The van der Waals surface area contributed by atoms with Gasteiger partial charge in [-0.3, -0.25) is 9.59 Å². The van der Waals surface area contributed by atoms with Gasteiger partial charge >= 0.3 is 0 Å². The number of carbonyl (C=O) groups is 2. The molecule has 0 aliphatic carbocycles. The number of carbonyl (C=O) groups excluding carboxylic acids is 2. The highest BCUT2D eigenvalue weighted by Crippen LogP contribution is 2.25. The molecule has 5 heteroatoms. The van der Waals surface area contributed by atoms with E-state index in [1.54, 1.807) is 6.92 Å². The first-order chi connectivity index (χ1) is 11.0. The number of hydrogen-bond donors (Lipinski definition) is 2. The van der Waals surface area contributed by atoms with E-state index in [9.17, 15) is 9.59 Å². The Balaban J connectivity index is 2.10. The van der Waals surface area contributed by atoms with Crippen molar-refractivity contribution >= 4 is 23.4 Å². The van der Waals surface area contributed by atoms with E-state index in [1.165, 1.54) is 0 Å². The van der Waals surface area contributed by atoms with Crippen LogP contribution in [0.1, 0.15) is 18.9 Å². The van der Waals surface area contributed by atoms with E-state index < -0.39 is 11.8 Å². The fourth-order valence-corrected chi connectivity index (χ4v) is 2.46. The van der Waals surface area contributed by atoms with E-state index in [-0.39, 0.29) is 12.3 Å². The molecule has 0 radical (unpaired) electrons. The van der Waals surface area contributed by atoms with E-state index in [1.807, 2.05) is 48.5 Å². The zero-order valence-corrected chi connectivity index (χ0v) is 13.6. The van der Waals surface area contributed by atoms with Crippen molar-refractivity contribution in [2.24, 2.45) is 11.7 Å². The van der Waals surface area contributed by atoms with Crippen LogP contribution in [0.25, 0.3) is 11.1 Å². The molecule has 120 valence electrons. The van der Waals surface area contributed by atoms with Crippen LogP contribution in [0.4, 0.5) is 0 Å². The molecule has 4 nitrogen and oxygen atoms in total. The molecule has 0 aromatic heterocycles. The quantitative estimate of drug-likeness (QED) is 0.854. The second-order valence-electron chi connectivity index (χ2n) is 5.45. The Morgan fingerprint density at radius 2 is 1.78 bits per heavy atom. The van der Waals surface area contributed by atoms with Gasteiger partial charge in [-0.15, -0.1) is 0 Å². The number of nitrogens with one attached hydrogen (secondary N) is 1. The van der Waals surface area contributed by atoms with Crippen LogP contribution in [0.2, 0.25) is 5.02 Å². The van der Waals surface area contributed by atoms with Crippen LogP contribution in [0.3, 0.4) is 0 Å². The van der Waals surface area contributed by atoms with E-state index in [4.69, 9.17) is 17.3 Å². The van der Waals surface area contributed by atoms with Gasteiger partial charge < -0.3 is 11.1 Å². The summed E-state index contributed by atoms with van der Waals surface area (Å²) in [5.74, 6) is -1.10. The van der Waals surface area contributed by atoms with Gasteiger partial charge in [0.15, 0.2) is 0 Å². The lowest BCUT2D eigenvalue weighted by Gasteiger charge is -2.13. The summed E-state index contributed by atoms with van der Waals surface area (Å²) in [6, 6.07) is 15.4. The zero-order chi connectivity index (χ0) is 16.8. The van der Waals surface area contributed by atoms with Crippen molar-refractivity contribution in [1.82, 2.24) is 5.32 Å². The van der Waals surface area contributed by atoms with Gasteiger partial charge in [-0.05, 0) is 28.8 Å². The number of rotatable bonds is 6. The summed E-state index contributed by atoms with van der Waals surface area (Å²) in [6.07, 6.45) is 0.0463. The first kappa shape index (κ1) is 17.0. The van der Waals surface area contributed by atoms with Crippen molar-refractivity contribution in [3.63, 3.8) is 0 Å². The number of halogens is 1. The maximum absolute atomic E-state index is 12.0. The average Bonchev–Trinajstić information content (AvgIpc) is 2.53. The van der Waals surface area contributed by atoms with Gasteiger partial charge in [0.2, 0.25) is 11.8 Å². The molecule has 0 unspecified atom stereocenters. The van der Waals surface area contributed by atoms with Gasteiger partial charge in [0.1, 0.15) is 0 Å². The second kappa shape index (κ2) is 7.79. The van der Waals surface area contributed by atoms with Gasteiger partial charge in [0.05, 0.1) is 0 Å². The molecular weight excluding hydrogens is 312 g/mol. The second-order valence-corrected chi connectivity index (χ2v) is 5.89. The van der Waals surface area contributed by atoms with Gasteiger partial charge in [-0.2, -0.15) is 0 Å². The number of benzene rings is 2. The molecule has 1 atom stereocenters. The van der Waals surface area contributed by atoms with Crippen molar-refractivity contribution in [3.8, 4) is 11.1 Å². The summed E-state index contributed by atoms with van der Waals surface area (Å²) in [5, 5.41) is 3.53. The maximum Gasteiger partial charge on any atom is 0.223 e. The molecule has 0 aliphatic rings. The number of hydrogen-bond acceptors (Lipinski definition) is 2. The Morgan fingerprint density at radius 1 is 1.13 bits per heavy atom. The van der Waals surface area contributed by atoms with Gasteiger partial charge in [-0.25, -0.2) is 0 Å². The first-order valence-electron chi connectivity index (χ1n) is 7.37. The van der Waals surface area contributed by atoms with Crippen LogP contribution in [-0.2, 0) is 16.1 Å². The molecule has 0 bridgehead atoms. The van der Waals surface area contributed by atoms with Crippen LogP contribution in [-0.4, -0.2) is 11.8 Å². The Labute approximate surface area is 140 Å². The third-order valence-corrected chi connectivity index (χ3v) is 3.83. The van der Waals surface area contributed by atoms with E-state index in [2.05, 4.69) is 5.32 Å². The SMILES string of the molecule is C[C@H](CC(N)=O)C(=O)NCc1ccccc1-c1ccc(Cl)cc1. The predicted molar refractivity (Wildman–Crippen MR) is 91.7 cm³/mol. The number of primary amides is 1. The van der Waals surface area contributed by atoms with Crippen LogP contribution in [0.15, 0.2) is 48.5 Å². The lowest BCUT2D eigenvalue weighted by molar-refractivity contribution is -0.128. The fraction of sp³-hybridized carbons (Fsp3) is 0.222. The standard InChI is InChI=1S/C18H19ClN2O2/c1-12(10-17(20)22)18(23)21-11-14-4-2-3-5-16(14)13-6-8-15(19)9-7-13/h2-9,12H,10-11H2,1H3,(H2,20,22)(H,21,23)/t12-/m1/s1. The molecule has 0 spiro atoms. The lowest BCUT2D eigenvalue weighted by atomic mass is 9.99. The monoisotopic (exact) mass is 330 g/mol. The van der Waals surface area contributed by atoms with Crippen molar-refractivity contribution in [3.05, 3.63) is 59.1 Å². The Morgan fingerprint density at radius 3 is 2.43 bits per heavy atom. The largest absolute Gasteiger partial charge is 0.370 e. The molecule has 2 aromatic rings. The van der Waals surface area contributed by atoms with Crippen molar-refractivity contribution in [2.45, 2.75) is 19.9 Å². The molecule has 23 heavy (non-hydrogen) atoms. The zero-order valence-electron chi connectivity index (χ0n) is 12.9. The minimum absolute atomic E-state index is 0.0463. The van der Waals surface area contributed by atoms with Crippen molar-refractivity contribution in [2.75, 3.05) is 0 Å². The van der Waals surface area contributed by atoms with Crippen LogP contribution in [0.5, 0.6) is 0 Å². The summed E-state index contributed by atoms with van der Waals surface area (Å²) in [6.45, 7) is 2.08. The summed E-state index contributed by atoms with van der Waals surface area (Å²) in [7, 11) is 0. The van der Waals surface area contributed by atoms with Crippen LogP contribution in [0, 0.1) is 5.92 Å². The molecule has 2 amide bonds. The summed E-state index contributed by atoms with van der Waals surface area (Å²) in [5.41, 5.74) is 8.18. The third kappa shape index (κ3) is 4.83. The molecule has 2 aromatic carbocycles. The smallest absolute Gasteiger partial charge is 0.223 e. The van der Waals surface area contributed by atoms with E-state index >= 15 is 0 Å². The maximum atomic E-state index is 12.0. The summed E-state index contributed by atoms with van der Waals surface area (Å²) in [4.78, 5) is 22.9. The Bertz CT molecular complexity index is 698. The molecule has 0 saturated carbocycles. The van der Waals surface area contributed by atoms with E-state index in [0.29, 0.717) is 11.6 Å². The van der Waals surface area contributed by atoms with Crippen molar-refractivity contribution in [1.29, 1.82) is 0 Å². The summed E-state index contributed by atoms with van der Waals surface area (Å²) < 4.78 is 0. The molecule has 0 aliphatic heterocycles. The molecule has 0 heterocycles. The van der Waals surface area contributed by atoms with Gasteiger partial charge in [0.25, 0.3) is 0 Å². The summed E-state index contributed by atoms with van der Waals surface area (Å²) >= 11 is 5.92. The highest BCUT2D eigenvalue weighted by molar-refractivity contribution is 6.30. The minimum Gasteiger partial charge on any atom is -0.370 e. The van der Waals surface area contributed by atoms with Crippen LogP contribution >= 0.6 is 11.6 Å². The molecular formula is C18H19ClN2O2. The van der Waals surface area contributed by atoms with Crippen molar-refractivity contribution < 1.29 is 9.59 Å². The highest BCUT2D eigenvalue weighted by Gasteiger charge is 2.15. The normalized spacial score (nSPS) is 11.7. The average molecular weight is 331 g/mol. The third-order valence-electron chi connectivity index (χ3n) is 3.58. The van der Waals surface area contributed by atoms with Crippen LogP contribution < -0.4 is 11.1 Å². The molecule has 0 saturated heterocycles. The highest BCUT2D eigenvalue weighted by atomic mass is 35.5. The Kier molecular flexibility index (Phi) is 5.77. The predicted octanol–water partition coefficient (Wildman–Crippen LogP) is 3.13. The molecule has 0 fully saturated rings. The fourth-order valence-electron chi connectivity index (χ4n) is 2.34. The van der Waals surface area contributed by atoms with E-state index in [0.717, 1.165) is 16.7 Å². The minimum atomic E-state index is -0.478. The van der Waals surface area contributed by atoms with Gasteiger partial charge in [0, 0.05) is 23.9 Å². The topological polar surface area (TPSA) is 72.2 Å². The van der Waals surface area contributed by atoms with Gasteiger partial charge in [-0.1, -0.05) is 54.9 Å². The molecule has 2 rings (SSSR count). The number of nitrogens with two attached hydrogens (primary N) is 1. The first-order valence-corrected chi connectivity index (χ1v) is 7.75. The Hall–Kier alpha value is -2.33. The lowest BCUT2D eigenvalue weighted by Crippen LogP contribution is -2.31. The molecule has 3 N–H and O–H groups in total. The number of amides is 2.